The van der Waals surface area contributed by atoms with Crippen LogP contribution in [0.3, 0.4) is 0 Å². The number of ether oxygens (including phenoxy) is 1. The predicted molar refractivity (Wildman–Crippen MR) is 61.5 cm³/mol. The lowest BCUT2D eigenvalue weighted by atomic mass is 10.1. The molecule has 16 heavy (non-hydrogen) atoms. The molecule has 1 aromatic carbocycles. The van der Waals surface area contributed by atoms with Crippen molar-refractivity contribution < 1.29 is 14.6 Å². The lowest BCUT2D eigenvalue weighted by molar-refractivity contribution is -0.138. The molecule has 2 unspecified atom stereocenters. The Morgan fingerprint density at radius 2 is 2.12 bits per heavy atom. The van der Waals surface area contributed by atoms with E-state index >= 15 is 0 Å². The number of carboxylic acid groups (broad SMARTS) is 1. The van der Waals surface area contributed by atoms with E-state index in [9.17, 15) is 4.79 Å². The van der Waals surface area contributed by atoms with Crippen LogP contribution in [0.25, 0.3) is 0 Å². The van der Waals surface area contributed by atoms with Crippen molar-refractivity contribution in [2.75, 3.05) is 7.11 Å². The Morgan fingerprint density at radius 3 is 2.62 bits per heavy atom. The summed E-state index contributed by atoms with van der Waals surface area (Å²) in [5.74, 6) is -0.633. The van der Waals surface area contributed by atoms with Crippen molar-refractivity contribution in [2.45, 2.75) is 12.3 Å². The SMILES string of the molecule is COc1ccc(C2CC2C(=O)O)c(Cl)c1Cl. The molecule has 1 saturated carbocycles. The van der Waals surface area contributed by atoms with Gasteiger partial charge in [-0.3, -0.25) is 4.79 Å². The summed E-state index contributed by atoms with van der Waals surface area (Å²) >= 11 is 12.1. The molecular formula is C11H10Cl2O3. The topological polar surface area (TPSA) is 46.5 Å². The fourth-order valence-corrected chi connectivity index (χ4v) is 2.35. The zero-order valence-corrected chi connectivity index (χ0v) is 10.0. The fourth-order valence-electron chi connectivity index (χ4n) is 1.80. The molecule has 0 amide bonds. The Hall–Kier alpha value is -0.930. The van der Waals surface area contributed by atoms with Crippen LogP contribution in [-0.4, -0.2) is 18.2 Å². The largest absolute Gasteiger partial charge is 0.495 e. The van der Waals surface area contributed by atoms with Crippen molar-refractivity contribution in [3.05, 3.63) is 27.7 Å². The Labute approximate surface area is 103 Å². The number of aliphatic carboxylic acids is 1. The summed E-state index contributed by atoms with van der Waals surface area (Å²) in [6.07, 6.45) is 0.623. The minimum atomic E-state index is -0.784. The van der Waals surface area contributed by atoms with E-state index in [1.807, 2.05) is 0 Å². The monoisotopic (exact) mass is 260 g/mol. The van der Waals surface area contributed by atoms with Crippen molar-refractivity contribution in [1.29, 1.82) is 0 Å². The second kappa shape index (κ2) is 4.15. The molecule has 86 valence electrons. The quantitative estimate of drug-likeness (QED) is 0.908. The van der Waals surface area contributed by atoms with E-state index in [1.54, 1.807) is 12.1 Å². The summed E-state index contributed by atoms with van der Waals surface area (Å²) < 4.78 is 5.02. The Bertz CT molecular complexity index is 445. The van der Waals surface area contributed by atoms with E-state index in [1.165, 1.54) is 7.11 Å². The summed E-state index contributed by atoms with van der Waals surface area (Å²) in [7, 11) is 1.51. The average Bonchev–Trinajstić information content (AvgIpc) is 3.02. The second-order valence-corrected chi connectivity index (χ2v) is 4.53. The highest BCUT2D eigenvalue weighted by Crippen LogP contribution is 2.51. The molecular weight excluding hydrogens is 251 g/mol. The molecule has 3 nitrogen and oxygen atoms in total. The van der Waals surface area contributed by atoms with Crippen LogP contribution in [-0.2, 0) is 4.79 Å². The van der Waals surface area contributed by atoms with Gasteiger partial charge in [-0.05, 0) is 24.0 Å². The molecule has 0 spiro atoms. The van der Waals surface area contributed by atoms with Gasteiger partial charge in [-0.1, -0.05) is 29.3 Å². The van der Waals surface area contributed by atoms with Gasteiger partial charge in [-0.2, -0.15) is 0 Å². The van der Waals surface area contributed by atoms with E-state index in [-0.39, 0.29) is 11.8 Å². The number of rotatable bonds is 3. The van der Waals surface area contributed by atoms with Gasteiger partial charge in [0.05, 0.1) is 18.1 Å². The lowest BCUT2D eigenvalue weighted by Gasteiger charge is -2.08. The van der Waals surface area contributed by atoms with Crippen LogP contribution in [0.4, 0.5) is 0 Å². The summed E-state index contributed by atoms with van der Waals surface area (Å²) in [5, 5.41) is 9.59. The first-order valence-electron chi connectivity index (χ1n) is 4.81. The lowest BCUT2D eigenvalue weighted by Crippen LogP contribution is -1.99. The molecule has 0 radical (unpaired) electrons. The van der Waals surface area contributed by atoms with E-state index in [0.717, 1.165) is 5.56 Å². The van der Waals surface area contributed by atoms with Crippen LogP contribution in [0.5, 0.6) is 5.75 Å². The maximum atomic E-state index is 10.8. The molecule has 2 atom stereocenters. The van der Waals surface area contributed by atoms with E-state index in [2.05, 4.69) is 0 Å². The van der Waals surface area contributed by atoms with Crippen LogP contribution in [0.1, 0.15) is 17.9 Å². The molecule has 2 rings (SSSR count). The van der Waals surface area contributed by atoms with Gasteiger partial charge in [0, 0.05) is 0 Å². The minimum absolute atomic E-state index is 0.0200. The van der Waals surface area contributed by atoms with Crippen molar-refractivity contribution in [3.8, 4) is 5.75 Å². The smallest absolute Gasteiger partial charge is 0.307 e. The Balaban J connectivity index is 2.31. The van der Waals surface area contributed by atoms with Crippen LogP contribution in [0.2, 0.25) is 10.0 Å². The number of halogens is 2. The molecule has 1 fully saturated rings. The van der Waals surface area contributed by atoms with Crippen molar-refractivity contribution in [3.63, 3.8) is 0 Å². The molecule has 1 aliphatic carbocycles. The van der Waals surface area contributed by atoms with E-state index < -0.39 is 5.97 Å². The molecule has 0 aromatic heterocycles. The Kier molecular flexibility index (Phi) is 3.00. The first-order chi connectivity index (χ1) is 7.56. The molecule has 0 bridgehead atoms. The van der Waals surface area contributed by atoms with E-state index in [0.29, 0.717) is 22.2 Å². The molecule has 5 heteroatoms. The maximum absolute atomic E-state index is 10.8. The highest BCUT2D eigenvalue weighted by Gasteiger charge is 2.45. The van der Waals surface area contributed by atoms with Crippen LogP contribution >= 0.6 is 23.2 Å². The molecule has 0 heterocycles. The minimum Gasteiger partial charge on any atom is -0.495 e. The third-order valence-corrected chi connectivity index (χ3v) is 3.68. The van der Waals surface area contributed by atoms with Crippen molar-refractivity contribution in [1.82, 2.24) is 0 Å². The first-order valence-corrected chi connectivity index (χ1v) is 5.56. The highest BCUT2D eigenvalue weighted by molar-refractivity contribution is 6.43. The summed E-state index contributed by atoms with van der Waals surface area (Å²) in [4.78, 5) is 10.8. The zero-order chi connectivity index (χ0) is 11.9. The van der Waals surface area contributed by atoms with E-state index in [4.69, 9.17) is 33.0 Å². The van der Waals surface area contributed by atoms with Gasteiger partial charge in [-0.25, -0.2) is 0 Å². The van der Waals surface area contributed by atoms with Gasteiger partial charge >= 0.3 is 5.97 Å². The van der Waals surface area contributed by atoms with Gasteiger partial charge in [0.2, 0.25) is 0 Å². The van der Waals surface area contributed by atoms with Gasteiger partial charge in [0.25, 0.3) is 0 Å². The first kappa shape index (κ1) is 11.6. The summed E-state index contributed by atoms with van der Waals surface area (Å²) in [6, 6.07) is 3.49. The summed E-state index contributed by atoms with van der Waals surface area (Å²) in [6.45, 7) is 0. The predicted octanol–water partition coefficient (Wildman–Crippen LogP) is 3.19. The third kappa shape index (κ3) is 1.85. The number of carbonyl (C=O) groups is 1. The fraction of sp³-hybridized carbons (Fsp3) is 0.364. The summed E-state index contributed by atoms with van der Waals surface area (Å²) in [5.41, 5.74) is 0.792. The highest BCUT2D eigenvalue weighted by atomic mass is 35.5. The molecule has 0 saturated heterocycles. The number of hydrogen-bond acceptors (Lipinski definition) is 2. The molecule has 1 aromatic rings. The van der Waals surface area contributed by atoms with Crippen LogP contribution in [0.15, 0.2) is 12.1 Å². The van der Waals surface area contributed by atoms with Gasteiger partial charge in [-0.15, -0.1) is 0 Å². The van der Waals surface area contributed by atoms with Crippen LogP contribution < -0.4 is 4.74 Å². The Morgan fingerprint density at radius 1 is 1.44 bits per heavy atom. The molecule has 1 N–H and O–H groups in total. The van der Waals surface area contributed by atoms with Gasteiger partial charge in [0.15, 0.2) is 0 Å². The number of benzene rings is 1. The average molecular weight is 261 g/mol. The maximum Gasteiger partial charge on any atom is 0.307 e. The zero-order valence-electron chi connectivity index (χ0n) is 8.54. The molecule has 1 aliphatic rings. The van der Waals surface area contributed by atoms with Crippen molar-refractivity contribution in [2.24, 2.45) is 5.92 Å². The van der Waals surface area contributed by atoms with Gasteiger partial charge in [0.1, 0.15) is 10.8 Å². The number of hydrogen-bond donors (Lipinski definition) is 1. The van der Waals surface area contributed by atoms with Crippen LogP contribution in [0, 0.1) is 5.92 Å². The second-order valence-electron chi connectivity index (χ2n) is 3.77. The third-order valence-electron chi connectivity index (χ3n) is 2.80. The standard InChI is InChI=1S/C11H10Cl2O3/c1-16-8-3-2-5(9(12)10(8)13)6-4-7(6)11(14)15/h2-3,6-7H,4H2,1H3,(H,14,15). The number of carboxylic acids is 1. The normalized spacial score (nSPS) is 22.9. The van der Waals surface area contributed by atoms with Gasteiger partial charge < -0.3 is 9.84 Å². The van der Waals surface area contributed by atoms with Crippen molar-refractivity contribution >= 4 is 29.2 Å². The number of methoxy groups -OCH3 is 1. The molecule has 0 aliphatic heterocycles.